The molecule has 0 spiro atoms. The summed E-state index contributed by atoms with van der Waals surface area (Å²) < 4.78 is 10.7. The smallest absolute Gasteiger partial charge is 0.244 e. The highest BCUT2D eigenvalue weighted by atomic mass is 16.5. The third-order valence-electron chi connectivity index (χ3n) is 4.32. The van der Waals surface area contributed by atoms with Gasteiger partial charge in [-0.1, -0.05) is 12.1 Å². The Morgan fingerprint density at radius 3 is 1.44 bits per heavy atom. The van der Waals surface area contributed by atoms with Gasteiger partial charge in [0.25, 0.3) is 0 Å². The van der Waals surface area contributed by atoms with Gasteiger partial charge < -0.3 is 40.5 Å². The summed E-state index contributed by atoms with van der Waals surface area (Å²) in [6.07, 6.45) is 5.64. The van der Waals surface area contributed by atoms with Gasteiger partial charge in [0.1, 0.15) is 0 Å². The van der Waals surface area contributed by atoms with E-state index in [1.54, 1.807) is 12.1 Å². The molecule has 0 aliphatic heterocycles. The number of phenolic OH excluding ortho intramolecular Hbond substituents is 4. The molecule has 0 atom stereocenters. The van der Waals surface area contributed by atoms with E-state index in [-0.39, 0.29) is 34.8 Å². The third-order valence-corrected chi connectivity index (χ3v) is 4.32. The van der Waals surface area contributed by atoms with Crippen molar-refractivity contribution >= 4 is 24.0 Å². The number of nitrogens with one attached hydrogen (secondary N) is 2. The number of phenols is 4. The number of ether oxygens (including phenoxy) is 2. The largest absolute Gasteiger partial charge is 0.504 e. The highest BCUT2D eigenvalue weighted by Gasteiger charge is 2.01. The second-order valence-corrected chi connectivity index (χ2v) is 6.97. The minimum Gasteiger partial charge on any atom is -0.504 e. The normalized spacial score (nSPS) is 11.2. The Bertz CT molecular complexity index is 939. The summed E-state index contributed by atoms with van der Waals surface area (Å²) in [6.45, 7) is 1.89. The number of amides is 2. The van der Waals surface area contributed by atoms with Crippen LogP contribution in [0, 0.1) is 0 Å². The first-order chi connectivity index (χ1) is 16.3. The molecule has 0 saturated carbocycles. The molecule has 0 unspecified atom stereocenters. The van der Waals surface area contributed by atoms with Gasteiger partial charge in [0.15, 0.2) is 23.0 Å². The van der Waals surface area contributed by atoms with Crippen molar-refractivity contribution in [3.8, 4) is 23.0 Å². The third kappa shape index (κ3) is 10.1. The summed E-state index contributed by atoms with van der Waals surface area (Å²) in [5.74, 6) is -1.61. The quantitative estimate of drug-likeness (QED) is 0.145. The summed E-state index contributed by atoms with van der Waals surface area (Å²) in [7, 11) is 0. The molecule has 6 N–H and O–H groups in total. The van der Waals surface area contributed by atoms with E-state index < -0.39 is 0 Å². The number of hydrogen-bond donors (Lipinski definition) is 6. The molecule has 0 fully saturated rings. The van der Waals surface area contributed by atoms with Crippen molar-refractivity contribution in [1.29, 1.82) is 0 Å². The van der Waals surface area contributed by atoms with Crippen LogP contribution in [0.4, 0.5) is 0 Å². The van der Waals surface area contributed by atoms with Gasteiger partial charge in [0, 0.05) is 25.2 Å². The van der Waals surface area contributed by atoms with Gasteiger partial charge in [-0.3, -0.25) is 9.59 Å². The second kappa shape index (κ2) is 14.2. The van der Waals surface area contributed by atoms with Crippen molar-refractivity contribution in [3.05, 3.63) is 59.7 Å². The van der Waals surface area contributed by atoms with Crippen LogP contribution in [-0.4, -0.2) is 71.8 Å². The molecular formula is C24H28N2O8. The molecule has 0 saturated heterocycles. The van der Waals surface area contributed by atoms with Crippen LogP contribution in [0.15, 0.2) is 48.6 Å². The first-order valence-corrected chi connectivity index (χ1v) is 10.5. The lowest BCUT2D eigenvalue weighted by molar-refractivity contribution is -0.117. The van der Waals surface area contributed by atoms with E-state index in [4.69, 9.17) is 9.47 Å². The van der Waals surface area contributed by atoms with Gasteiger partial charge >= 0.3 is 0 Å². The molecule has 34 heavy (non-hydrogen) atoms. The molecule has 182 valence electrons. The van der Waals surface area contributed by atoms with E-state index in [1.165, 1.54) is 48.6 Å². The average Bonchev–Trinajstić information content (AvgIpc) is 2.81. The van der Waals surface area contributed by atoms with Crippen LogP contribution in [0.5, 0.6) is 23.0 Å². The lowest BCUT2D eigenvalue weighted by Gasteiger charge is -2.07. The van der Waals surface area contributed by atoms with Crippen LogP contribution < -0.4 is 10.6 Å². The SMILES string of the molecule is O=C(/C=C/c1ccc(O)c(O)c1)NCCOCCOCCNC(=O)/C=C/c1ccc(O)c(O)c1. The topological polar surface area (TPSA) is 158 Å². The first-order valence-electron chi connectivity index (χ1n) is 10.5. The van der Waals surface area contributed by atoms with Crippen LogP contribution >= 0.6 is 0 Å². The monoisotopic (exact) mass is 472 g/mol. The fraction of sp³-hybridized carbons (Fsp3) is 0.250. The summed E-state index contributed by atoms with van der Waals surface area (Å²) in [4.78, 5) is 23.5. The standard InChI is InChI=1S/C24H28N2O8/c27-19-5-1-17(15-21(19)29)3-7-23(31)25-9-11-33-13-14-34-12-10-26-24(32)8-4-18-2-6-20(28)22(30)16-18/h1-8,15-16,27-30H,9-14H2,(H,25,31)(H,26,32)/b7-3+,8-4+. The Morgan fingerprint density at radius 1 is 0.647 bits per heavy atom. The molecule has 2 aromatic rings. The number of benzene rings is 2. The summed E-state index contributed by atoms with van der Waals surface area (Å²) in [5.41, 5.74) is 1.15. The zero-order chi connectivity index (χ0) is 24.8. The Balaban J connectivity index is 1.46. The molecule has 0 aromatic heterocycles. The summed E-state index contributed by atoms with van der Waals surface area (Å²) in [5, 5.41) is 42.6. The second-order valence-electron chi connectivity index (χ2n) is 6.97. The molecule has 2 aromatic carbocycles. The van der Waals surface area contributed by atoms with Gasteiger partial charge in [-0.2, -0.15) is 0 Å². The van der Waals surface area contributed by atoms with Gasteiger partial charge in [-0.15, -0.1) is 0 Å². The number of aromatic hydroxyl groups is 4. The van der Waals surface area contributed by atoms with Gasteiger partial charge in [0.05, 0.1) is 26.4 Å². The first kappa shape index (κ1) is 26.2. The van der Waals surface area contributed by atoms with Crippen molar-refractivity contribution in [2.75, 3.05) is 39.5 Å². The number of carbonyl (C=O) groups excluding carboxylic acids is 2. The van der Waals surface area contributed by atoms with E-state index in [0.29, 0.717) is 50.6 Å². The Kier molecular flexibility index (Phi) is 11.0. The molecular weight excluding hydrogens is 444 g/mol. The molecule has 0 bridgehead atoms. The van der Waals surface area contributed by atoms with E-state index in [0.717, 1.165) is 0 Å². The maximum atomic E-state index is 11.7. The Morgan fingerprint density at radius 2 is 1.06 bits per heavy atom. The molecule has 10 heteroatoms. The van der Waals surface area contributed by atoms with Crippen LogP contribution in [-0.2, 0) is 19.1 Å². The lowest BCUT2D eigenvalue weighted by Crippen LogP contribution is -2.27. The summed E-state index contributed by atoms with van der Waals surface area (Å²) >= 11 is 0. The predicted molar refractivity (Wildman–Crippen MR) is 125 cm³/mol. The van der Waals surface area contributed by atoms with Crippen molar-refractivity contribution in [2.45, 2.75) is 0 Å². The van der Waals surface area contributed by atoms with E-state index in [2.05, 4.69) is 10.6 Å². The zero-order valence-corrected chi connectivity index (χ0v) is 18.4. The van der Waals surface area contributed by atoms with Crippen molar-refractivity contribution in [2.24, 2.45) is 0 Å². The average molecular weight is 472 g/mol. The fourth-order valence-corrected chi connectivity index (χ4v) is 2.56. The van der Waals surface area contributed by atoms with Gasteiger partial charge in [-0.25, -0.2) is 0 Å². The lowest BCUT2D eigenvalue weighted by atomic mass is 10.2. The Hall–Kier alpha value is -4.02. The predicted octanol–water partition coefficient (Wildman–Crippen LogP) is 1.50. The maximum absolute atomic E-state index is 11.7. The minimum absolute atomic E-state index is 0.228. The van der Waals surface area contributed by atoms with Crippen LogP contribution in [0.3, 0.4) is 0 Å². The molecule has 0 aliphatic rings. The number of hydrogen-bond acceptors (Lipinski definition) is 8. The van der Waals surface area contributed by atoms with Crippen molar-refractivity contribution in [3.63, 3.8) is 0 Å². The van der Waals surface area contributed by atoms with Gasteiger partial charge in [0.2, 0.25) is 11.8 Å². The highest BCUT2D eigenvalue weighted by Crippen LogP contribution is 2.26. The Labute approximate surface area is 196 Å². The van der Waals surface area contributed by atoms with Crippen LogP contribution in [0.1, 0.15) is 11.1 Å². The van der Waals surface area contributed by atoms with E-state index in [1.807, 2.05) is 0 Å². The van der Waals surface area contributed by atoms with Crippen LogP contribution in [0.25, 0.3) is 12.2 Å². The molecule has 2 rings (SSSR count). The van der Waals surface area contributed by atoms with Crippen LogP contribution in [0.2, 0.25) is 0 Å². The highest BCUT2D eigenvalue weighted by molar-refractivity contribution is 5.92. The number of rotatable bonds is 13. The van der Waals surface area contributed by atoms with Crippen molar-refractivity contribution in [1.82, 2.24) is 10.6 Å². The van der Waals surface area contributed by atoms with Gasteiger partial charge in [-0.05, 0) is 47.5 Å². The van der Waals surface area contributed by atoms with E-state index >= 15 is 0 Å². The van der Waals surface area contributed by atoms with E-state index in [9.17, 15) is 30.0 Å². The maximum Gasteiger partial charge on any atom is 0.244 e. The fourth-order valence-electron chi connectivity index (χ4n) is 2.56. The van der Waals surface area contributed by atoms with Crippen molar-refractivity contribution < 1.29 is 39.5 Å². The number of carbonyl (C=O) groups is 2. The molecule has 2 amide bonds. The molecule has 0 heterocycles. The zero-order valence-electron chi connectivity index (χ0n) is 18.4. The minimum atomic E-state index is -0.320. The molecule has 0 aliphatic carbocycles. The molecule has 0 radical (unpaired) electrons. The summed E-state index contributed by atoms with van der Waals surface area (Å²) in [6, 6.07) is 8.48. The molecule has 10 nitrogen and oxygen atoms in total.